The summed E-state index contributed by atoms with van der Waals surface area (Å²) in [6.45, 7) is 11.2. The second-order valence-electron chi connectivity index (χ2n) is 4.63. The lowest BCUT2D eigenvalue weighted by molar-refractivity contribution is -0.0106. The van der Waals surface area contributed by atoms with Crippen LogP contribution in [0.1, 0.15) is 25.8 Å². The maximum absolute atomic E-state index is 5.72. The van der Waals surface area contributed by atoms with E-state index in [0.29, 0.717) is 6.61 Å². The van der Waals surface area contributed by atoms with Gasteiger partial charge in [0.15, 0.2) is 0 Å². The molecule has 1 aromatic rings. The SMILES string of the molecule is C=CC(COC(C)Nc1ccc(C)cc1)OCCC. The van der Waals surface area contributed by atoms with E-state index in [4.69, 9.17) is 9.47 Å². The van der Waals surface area contributed by atoms with Crippen molar-refractivity contribution < 1.29 is 9.47 Å². The van der Waals surface area contributed by atoms with E-state index < -0.39 is 0 Å². The first kappa shape index (κ1) is 15.7. The Morgan fingerprint density at radius 3 is 2.53 bits per heavy atom. The highest BCUT2D eigenvalue weighted by molar-refractivity contribution is 5.44. The smallest absolute Gasteiger partial charge is 0.124 e. The first-order chi connectivity index (χ1) is 9.15. The summed E-state index contributed by atoms with van der Waals surface area (Å²) < 4.78 is 11.3. The number of benzene rings is 1. The molecule has 0 saturated carbocycles. The van der Waals surface area contributed by atoms with Crippen molar-refractivity contribution in [3.63, 3.8) is 0 Å². The van der Waals surface area contributed by atoms with Gasteiger partial charge in [0.25, 0.3) is 0 Å². The highest BCUT2D eigenvalue weighted by Gasteiger charge is 2.08. The highest BCUT2D eigenvalue weighted by Crippen LogP contribution is 2.10. The van der Waals surface area contributed by atoms with Gasteiger partial charge in [-0.05, 0) is 32.4 Å². The standard InChI is InChI=1S/C16H25NO2/c1-5-11-18-16(6-2)12-19-14(4)17-15-9-7-13(3)8-10-15/h6-10,14,16-17H,2,5,11-12H2,1,3-4H3. The average molecular weight is 263 g/mol. The molecule has 0 radical (unpaired) electrons. The number of hydrogen-bond donors (Lipinski definition) is 1. The van der Waals surface area contributed by atoms with Gasteiger partial charge in [0.05, 0.1) is 12.7 Å². The fourth-order valence-electron chi connectivity index (χ4n) is 1.62. The van der Waals surface area contributed by atoms with E-state index in [-0.39, 0.29) is 12.3 Å². The van der Waals surface area contributed by atoms with Crippen molar-refractivity contribution >= 4 is 5.69 Å². The molecule has 0 saturated heterocycles. The number of nitrogens with one attached hydrogen (secondary N) is 1. The van der Waals surface area contributed by atoms with Crippen molar-refractivity contribution in [2.75, 3.05) is 18.5 Å². The van der Waals surface area contributed by atoms with Crippen LogP contribution in [0.25, 0.3) is 0 Å². The van der Waals surface area contributed by atoms with Gasteiger partial charge >= 0.3 is 0 Å². The van der Waals surface area contributed by atoms with Gasteiger partial charge in [0.2, 0.25) is 0 Å². The lowest BCUT2D eigenvalue weighted by Gasteiger charge is -2.19. The second-order valence-corrected chi connectivity index (χ2v) is 4.63. The Balaban J connectivity index is 2.32. The molecule has 1 rings (SSSR count). The molecule has 0 heterocycles. The topological polar surface area (TPSA) is 30.5 Å². The molecule has 0 aliphatic rings. The lowest BCUT2D eigenvalue weighted by Crippen LogP contribution is -2.26. The van der Waals surface area contributed by atoms with Crippen LogP contribution in [0.3, 0.4) is 0 Å². The molecule has 0 amide bonds. The van der Waals surface area contributed by atoms with Crippen LogP contribution in [0.5, 0.6) is 0 Å². The molecule has 0 aliphatic heterocycles. The van der Waals surface area contributed by atoms with Gasteiger partial charge in [0, 0.05) is 12.3 Å². The summed E-state index contributed by atoms with van der Waals surface area (Å²) in [6, 6.07) is 8.25. The molecule has 3 heteroatoms. The molecule has 3 nitrogen and oxygen atoms in total. The van der Waals surface area contributed by atoms with Gasteiger partial charge < -0.3 is 14.8 Å². The maximum Gasteiger partial charge on any atom is 0.124 e. The fourth-order valence-corrected chi connectivity index (χ4v) is 1.62. The molecule has 1 N–H and O–H groups in total. The number of ether oxygens (including phenoxy) is 2. The number of anilines is 1. The predicted octanol–water partition coefficient (Wildman–Crippen LogP) is 3.75. The molecule has 0 spiro atoms. The van der Waals surface area contributed by atoms with Crippen LogP contribution in [-0.4, -0.2) is 25.5 Å². The van der Waals surface area contributed by atoms with E-state index in [1.165, 1.54) is 5.56 Å². The molecule has 1 aromatic carbocycles. The van der Waals surface area contributed by atoms with E-state index in [2.05, 4.69) is 37.9 Å². The van der Waals surface area contributed by atoms with Crippen molar-refractivity contribution in [1.82, 2.24) is 0 Å². The van der Waals surface area contributed by atoms with Gasteiger partial charge in [-0.3, -0.25) is 0 Å². The number of hydrogen-bond acceptors (Lipinski definition) is 3. The van der Waals surface area contributed by atoms with E-state index in [0.717, 1.165) is 18.7 Å². The molecule has 19 heavy (non-hydrogen) atoms. The zero-order valence-corrected chi connectivity index (χ0v) is 12.2. The third kappa shape index (κ3) is 6.41. The summed E-state index contributed by atoms with van der Waals surface area (Å²) in [5.41, 5.74) is 2.31. The summed E-state index contributed by atoms with van der Waals surface area (Å²) in [6.07, 6.45) is 2.69. The summed E-state index contributed by atoms with van der Waals surface area (Å²) in [4.78, 5) is 0. The van der Waals surface area contributed by atoms with Crippen molar-refractivity contribution in [3.8, 4) is 0 Å². The predicted molar refractivity (Wildman–Crippen MR) is 80.4 cm³/mol. The van der Waals surface area contributed by atoms with Crippen molar-refractivity contribution in [1.29, 1.82) is 0 Å². The van der Waals surface area contributed by atoms with Crippen LogP contribution in [0, 0.1) is 6.92 Å². The van der Waals surface area contributed by atoms with Crippen molar-refractivity contribution in [2.24, 2.45) is 0 Å². The third-order valence-corrected chi connectivity index (χ3v) is 2.73. The molecular formula is C16H25NO2. The second kappa shape index (κ2) is 8.73. The van der Waals surface area contributed by atoms with Crippen molar-refractivity contribution in [3.05, 3.63) is 42.5 Å². The fraction of sp³-hybridized carbons (Fsp3) is 0.500. The minimum absolute atomic E-state index is 0.0396. The Kier molecular flexibility index (Phi) is 7.23. The van der Waals surface area contributed by atoms with Crippen molar-refractivity contribution in [2.45, 2.75) is 39.5 Å². The largest absolute Gasteiger partial charge is 0.372 e. The summed E-state index contributed by atoms with van der Waals surface area (Å²) in [5, 5.41) is 3.29. The summed E-state index contributed by atoms with van der Waals surface area (Å²) in [5.74, 6) is 0. The lowest BCUT2D eigenvalue weighted by atomic mass is 10.2. The molecule has 2 unspecified atom stereocenters. The third-order valence-electron chi connectivity index (χ3n) is 2.73. The normalized spacial score (nSPS) is 13.8. The minimum atomic E-state index is -0.0598. The molecule has 0 fully saturated rings. The number of rotatable bonds is 9. The summed E-state index contributed by atoms with van der Waals surface area (Å²) >= 11 is 0. The molecule has 106 valence electrons. The average Bonchev–Trinajstić information content (AvgIpc) is 2.42. The van der Waals surface area contributed by atoms with Crippen LogP contribution in [-0.2, 0) is 9.47 Å². The van der Waals surface area contributed by atoms with E-state index in [9.17, 15) is 0 Å². The monoisotopic (exact) mass is 263 g/mol. The van der Waals surface area contributed by atoms with Crippen LogP contribution in [0.15, 0.2) is 36.9 Å². The Bertz CT molecular complexity index is 362. The first-order valence-corrected chi connectivity index (χ1v) is 6.84. The molecule has 0 aromatic heterocycles. The summed E-state index contributed by atoms with van der Waals surface area (Å²) in [7, 11) is 0. The molecular weight excluding hydrogens is 238 g/mol. The first-order valence-electron chi connectivity index (χ1n) is 6.84. The minimum Gasteiger partial charge on any atom is -0.372 e. The Morgan fingerprint density at radius 2 is 1.95 bits per heavy atom. The van der Waals surface area contributed by atoms with E-state index in [1.54, 1.807) is 6.08 Å². The van der Waals surface area contributed by atoms with E-state index in [1.807, 2.05) is 19.1 Å². The Morgan fingerprint density at radius 1 is 1.26 bits per heavy atom. The quantitative estimate of drug-likeness (QED) is 0.543. The van der Waals surface area contributed by atoms with Gasteiger partial charge in [0.1, 0.15) is 6.23 Å². The maximum atomic E-state index is 5.72. The molecule has 0 bridgehead atoms. The van der Waals surface area contributed by atoms with Gasteiger partial charge in [-0.2, -0.15) is 0 Å². The number of aryl methyl sites for hydroxylation is 1. The Hall–Kier alpha value is -1.32. The molecule has 0 aliphatic carbocycles. The van der Waals surface area contributed by atoms with Crippen LogP contribution < -0.4 is 5.32 Å². The van der Waals surface area contributed by atoms with Gasteiger partial charge in [-0.1, -0.05) is 30.7 Å². The van der Waals surface area contributed by atoms with Crippen LogP contribution in [0.4, 0.5) is 5.69 Å². The molecule has 2 atom stereocenters. The highest BCUT2D eigenvalue weighted by atomic mass is 16.5. The zero-order valence-electron chi connectivity index (χ0n) is 12.2. The zero-order chi connectivity index (χ0) is 14.1. The van der Waals surface area contributed by atoms with E-state index >= 15 is 0 Å². The van der Waals surface area contributed by atoms with Gasteiger partial charge in [-0.15, -0.1) is 6.58 Å². The van der Waals surface area contributed by atoms with Crippen LogP contribution in [0.2, 0.25) is 0 Å². The van der Waals surface area contributed by atoms with Gasteiger partial charge in [-0.25, -0.2) is 0 Å². The van der Waals surface area contributed by atoms with Crippen LogP contribution >= 0.6 is 0 Å². The Labute approximate surface area is 116 Å².